The number of amides is 1. The molecule has 1 amide bonds. The molecular weight excluding hydrogens is 881 g/mol. The summed E-state index contributed by atoms with van der Waals surface area (Å²) < 4.78 is 63.7. The van der Waals surface area contributed by atoms with Crippen molar-refractivity contribution in [3.63, 3.8) is 0 Å². The Morgan fingerprint density at radius 3 is 2.39 bits per heavy atom. The zero-order chi connectivity index (χ0) is 47.9. The smallest absolute Gasteiger partial charge is 0.402 e. The summed E-state index contributed by atoms with van der Waals surface area (Å²) in [7, 11) is -1.44. The van der Waals surface area contributed by atoms with Gasteiger partial charge in [0.25, 0.3) is 5.91 Å². The van der Waals surface area contributed by atoms with Crippen molar-refractivity contribution in [3.8, 4) is 5.69 Å². The standard InChI is InChI=1S/C49H55F2N9O6S/c1-9-67(64,53-8)35-11-13-39(36(50)24-35)58-17-18-59(47(58)63)43(54-34-20-27(2)42(51)28(3)21-34)41-30(5)57(16-14-37(41)52)44(61)40-23-33-22-31(32-15-19-65-48(6,7)26-32)10-12-38(33)60(40)49(25-29(49)4)45-55-46(62)66-56-45/h10-13,17-18,20-24,29-30,32H,9,14-16,19,25-26,52H2,1-8H3,(H,55,56,62)/t29-,30-,32-,49-,67-/m0/s1. The van der Waals surface area contributed by atoms with E-state index in [0.717, 1.165) is 39.9 Å². The van der Waals surface area contributed by atoms with Crippen molar-refractivity contribution in [2.75, 3.05) is 26.0 Å². The van der Waals surface area contributed by atoms with Gasteiger partial charge in [-0.2, -0.15) is 0 Å². The summed E-state index contributed by atoms with van der Waals surface area (Å²) in [5, 5.41) is 4.99. The normalized spacial score (nSPS) is 22.9. The number of aromatic nitrogens is 5. The third-order valence-corrected chi connectivity index (χ3v) is 16.3. The van der Waals surface area contributed by atoms with Crippen molar-refractivity contribution in [1.82, 2.24) is 28.7 Å². The van der Waals surface area contributed by atoms with Crippen LogP contribution in [0.1, 0.15) is 99.2 Å². The number of fused-ring (bicyclic) bond motifs is 1. The Morgan fingerprint density at radius 2 is 1.76 bits per heavy atom. The molecule has 1 saturated carbocycles. The Balaban J connectivity index is 1.17. The molecule has 1 aliphatic carbocycles. The lowest BCUT2D eigenvalue weighted by molar-refractivity contribution is -0.0592. The maximum absolute atomic E-state index is 16.0. The van der Waals surface area contributed by atoms with Crippen LogP contribution in [0.15, 0.2) is 107 Å². The van der Waals surface area contributed by atoms with Crippen LogP contribution in [0, 0.1) is 31.4 Å². The number of carbonyl (C=O) groups excluding carboxylic acids is 1. The van der Waals surface area contributed by atoms with E-state index in [1.807, 2.05) is 30.5 Å². The molecule has 5 heterocycles. The number of nitrogens with two attached hydrogens (primary N) is 1. The highest BCUT2D eigenvalue weighted by molar-refractivity contribution is 7.93. The first-order chi connectivity index (χ1) is 31.8. The Labute approximate surface area is 386 Å². The number of aliphatic imine (C=N–C) groups is 1. The van der Waals surface area contributed by atoms with E-state index in [0.29, 0.717) is 52.6 Å². The van der Waals surface area contributed by atoms with Gasteiger partial charge in [-0.15, -0.1) is 0 Å². The van der Waals surface area contributed by atoms with Gasteiger partial charge in [0.2, 0.25) is 0 Å². The molecule has 352 valence electrons. The largest absolute Gasteiger partial charge is 0.438 e. The topological polar surface area (TPSA) is 188 Å². The van der Waals surface area contributed by atoms with Crippen LogP contribution in [0.4, 0.5) is 14.5 Å². The van der Waals surface area contributed by atoms with E-state index in [1.54, 1.807) is 37.8 Å². The Hall–Kier alpha value is -6.40. The predicted octanol–water partition coefficient (Wildman–Crippen LogP) is 7.82. The molecule has 1 saturated heterocycles. The molecule has 3 aromatic heterocycles. The lowest BCUT2D eigenvalue weighted by Crippen LogP contribution is -2.49. The van der Waals surface area contributed by atoms with Crippen LogP contribution in [0.3, 0.4) is 0 Å². The average molecular weight is 936 g/mol. The van der Waals surface area contributed by atoms with E-state index >= 15 is 9.18 Å². The monoisotopic (exact) mass is 935 g/mol. The van der Waals surface area contributed by atoms with Crippen molar-refractivity contribution in [3.05, 3.63) is 139 Å². The third kappa shape index (κ3) is 7.76. The van der Waals surface area contributed by atoms with Crippen LogP contribution < -0.4 is 17.2 Å². The lowest BCUT2D eigenvalue weighted by Gasteiger charge is -2.37. The molecule has 3 aliphatic rings. The molecule has 0 unspecified atom stereocenters. The highest BCUT2D eigenvalue weighted by Gasteiger charge is 2.59. The minimum Gasteiger partial charge on any atom is -0.402 e. The Kier molecular flexibility index (Phi) is 11.4. The zero-order valence-corrected chi connectivity index (χ0v) is 39.7. The van der Waals surface area contributed by atoms with Gasteiger partial charge in [-0.3, -0.25) is 23.4 Å². The van der Waals surface area contributed by atoms with Crippen LogP contribution >= 0.6 is 0 Å². The van der Waals surface area contributed by atoms with Crippen molar-refractivity contribution >= 4 is 38.1 Å². The van der Waals surface area contributed by atoms with E-state index < -0.39 is 44.4 Å². The predicted molar refractivity (Wildman–Crippen MR) is 252 cm³/mol. The molecule has 2 aliphatic heterocycles. The number of benzene rings is 3. The van der Waals surface area contributed by atoms with Gasteiger partial charge in [-0.05, 0) is 131 Å². The van der Waals surface area contributed by atoms with Gasteiger partial charge in [0.05, 0.1) is 37.6 Å². The maximum atomic E-state index is 16.0. The summed E-state index contributed by atoms with van der Waals surface area (Å²) >= 11 is 0. The van der Waals surface area contributed by atoms with Crippen LogP contribution in [-0.2, 0) is 20.0 Å². The van der Waals surface area contributed by atoms with Crippen molar-refractivity contribution in [1.29, 1.82) is 0 Å². The molecule has 3 aromatic carbocycles. The number of nitrogens with one attached hydrogen (secondary N) is 1. The second kappa shape index (κ2) is 16.7. The SMILES string of the molecule is CC[S@@](=O)(=NC)c1ccc(-n2ccn(C(=Nc3cc(C)c(F)c(C)c3)C3=C(N)CCN(C(=O)c4cc5cc([C@H]6CCOC(C)(C)C6)ccc5n4[C@@]4(c5noc(=O)[nH]5)C[C@@H]4C)[C@H]3C)c2=O)c(F)c1. The van der Waals surface area contributed by atoms with E-state index in [1.165, 1.54) is 36.1 Å². The fourth-order valence-corrected chi connectivity index (χ4v) is 11.6. The average Bonchev–Trinajstić information content (AvgIpc) is 3.60. The van der Waals surface area contributed by atoms with Crippen LogP contribution in [0.2, 0.25) is 0 Å². The van der Waals surface area contributed by atoms with Crippen LogP contribution in [-0.4, -0.2) is 82.3 Å². The molecule has 67 heavy (non-hydrogen) atoms. The summed E-state index contributed by atoms with van der Waals surface area (Å²) in [5.41, 5.74) is 8.92. The molecule has 3 N–H and O–H groups in total. The number of H-pyrrole nitrogens is 1. The molecule has 15 nitrogen and oxygen atoms in total. The Bertz CT molecular complexity index is 3290. The van der Waals surface area contributed by atoms with E-state index in [2.05, 4.69) is 40.5 Å². The zero-order valence-electron chi connectivity index (χ0n) is 38.9. The molecule has 0 bridgehead atoms. The minimum atomic E-state index is -2.86. The highest BCUT2D eigenvalue weighted by Crippen LogP contribution is 2.56. The first-order valence-corrected chi connectivity index (χ1v) is 24.2. The van der Waals surface area contributed by atoms with Gasteiger partial charge in [-0.1, -0.05) is 25.1 Å². The summed E-state index contributed by atoms with van der Waals surface area (Å²) in [4.78, 5) is 52.2. The van der Waals surface area contributed by atoms with Gasteiger partial charge in [-0.25, -0.2) is 31.9 Å². The van der Waals surface area contributed by atoms with Crippen molar-refractivity contribution in [2.24, 2.45) is 21.0 Å². The lowest BCUT2D eigenvalue weighted by atomic mass is 9.83. The first-order valence-electron chi connectivity index (χ1n) is 22.6. The number of hydrogen-bond donors (Lipinski definition) is 2. The number of nitrogens with zero attached hydrogens (tertiary/aromatic N) is 7. The molecule has 0 radical (unpaired) electrons. The second-order valence-electron chi connectivity index (χ2n) is 18.7. The van der Waals surface area contributed by atoms with Crippen molar-refractivity contribution < 1.29 is 27.0 Å². The number of rotatable bonds is 9. The molecular formula is C49H55F2N9O6S. The fourth-order valence-electron chi connectivity index (χ4n) is 10.3. The molecule has 2 fully saturated rings. The molecule has 9 rings (SSSR count). The fraction of sp³-hybridized carbons (Fsp3) is 0.408. The number of halogens is 2. The number of aromatic amines is 1. The molecule has 5 atom stereocenters. The summed E-state index contributed by atoms with van der Waals surface area (Å²) in [6, 6.07) is 14.5. The van der Waals surface area contributed by atoms with E-state index in [9.17, 15) is 18.2 Å². The van der Waals surface area contributed by atoms with Gasteiger partial charge in [0.1, 0.15) is 28.7 Å². The first kappa shape index (κ1) is 45.7. The number of imidazole rings is 1. The minimum absolute atomic E-state index is 0.0352. The van der Waals surface area contributed by atoms with Gasteiger partial charge in [0.15, 0.2) is 5.82 Å². The van der Waals surface area contributed by atoms with Crippen LogP contribution in [0.25, 0.3) is 16.6 Å². The Morgan fingerprint density at radius 1 is 1.03 bits per heavy atom. The number of carbonyl (C=O) groups is 1. The second-order valence-corrected chi connectivity index (χ2v) is 21.4. The number of ether oxygens (including phenoxy) is 1. The molecule has 6 aromatic rings. The van der Waals surface area contributed by atoms with Gasteiger partial charge < -0.3 is 19.9 Å². The van der Waals surface area contributed by atoms with Crippen molar-refractivity contribution in [2.45, 2.75) is 102 Å². The maximum Gasteiger partial charge on any atom is 0.438 e. The van der Waals surface area contributed by atoms with Crippen LogP contribution in [0.5, 0.6) is 0 Å². The van der Waals surface area contributed by atoms with E-state index in [4.69, 9.17) is 20.0 Å². The molecule has 18 heteroatoms. The third-order valence-electron chi connectivity index (χ3n) is 14.0. The summed E-state index contributed by atoms with van der Waals surface area (Å²) in [6.07, 6.45) is 5.30. The number of hydrogen-bond acceptors (Lipinski definition) is 10. The van der Waals surface area contributed by atoms with E-state index in [-0.39, 0.29) is 58.5 Å². The van der Waals surface area contributed by atoms with Gasteiger partial charge >= 0.3 is 11.4 Å². The number of aryl methyl sites for hydroxylation is 2. The highest BCUT2D eigenvalue weighted by atomic mass is 32.2. The summed E-state index contributed by atoms with van der Waals surface area (Å²) in [6.45, 7) is 13.8. The summed E-state index contributed by atoms with van der Waals surface area (Å²) in [5.74, 6) is -1.47. The molecule has 0 spiro atoms. The van der Waals surface area contributed by atoms with Gasteiger partial charge in [0, 0.05) is 66.9 Å². The quantitative estimate of drug-likeness (QED) is 0.108.